The number of rotatable bonds is 3. The smallest absolute Gasteiger partial charge is 0.417 e. The Morgan fingerprint density at radius 1 is 1.35 bits per heavy atom. The number of carbonyl (C=O) groups excluding carboxylic acids is 1. The van der Waals surface area contributed by atoms with Crippen LogP contribution in [0.15, 0.2) is 24.4 Å². The van der Waals surface area contributed by atoms with Crippen LogP contribution >= 0.6 is 0 Å². The number of phenolic OH excluding ortho intramolecular Hbond substituents is 1. The zero-order valence-electron chi connectivity index (χ0n) is 12.8. The highest BCUT2D eigenvalue weighted by atomic mass is 19.4. The third-order valence-electron chi connectivity index (χ3n) is 3.21. The maximum absolute atomic E-state index is 13.0. The summed E-state index contributed by atoms with van der Waals surface area (Å²) in [5.74, 6) is -1.39. The summed E-state index contributed by atoms with van der Waals surface area (Å²) in [4.78, 5) is 12.3. The van der Waals surface area contributed by atoms with E-state index in [1.807, 2.05) is 13.8 Å². The molecule has 0 radical (unpaired) electrons. The SMILES string of the molecule is CC(C)c1nn(C)cc1NC(=O)c1cc(O)ccc1C(F)(F)F. The molecule has 0 aliphatic heterocycles. The van der Waals surface area contributed by atoms with Crippen LogP contribution in [0.3, 0.4) is 0 Å². The van der Waals surface area contributed by atoms with Gasteiger partial charge in [-0.1, -0.05) is 13.8 Å². The quantitative estimate of drug-likeness (QED) is 0.906. The number of halogens is 3. The van der Waals surface area contributed by atoms with Crippen LogP contribution in [0.4, 0.5) is 18.9 Å². The lowest BCUT2D eigenvalue weighted by molar-refractivity contribution is -0.137. The fourth-order valence-corrected chi connectivity index (χ4v) is 2.19. The standard InChI is InChI=1S/C15H16F3N3O2/c1-8(2)13-12(7-21(3)20-13)19-14(23)10-6-9(22)4-5-11(10)15(16,17)18/h4-8,22H,1-3H3,(H,19,23). The van der Waals surface area contributed by atoms with E-state index in [-0.39, 0.29) is 5.92 Å². The monoisotopic (exact) mass is 327 g/mol. The Bertz CT molecular complexity index is 736. The minimum atomic E-state index is -4.70. The van der Waals surface area contributed by atoms with Gasteiger partial charge >= 0.3 is 6.18 Å². The Hall–Kier alpha value is -2.51. The summed E-state index contributed by atoms with van der Waals surface area (Å²) < 4.78 is 40.5. The molecule has 0 aliphatic carbocycles. The number of aromatic hydroxyl groups is 1. The summed E-state index contributed by atoms with van der Waals surface area (Å²) in [6.07, 6.45) is -3.18. The third kappa shape index (κ3) is 3.64. The number of alkyl halides is 3. The number of nitrogens with one attached hydrogen (secondary N) is 1. The van der Waals surface area contributed by atoms with Gasteiger partial charge < -0.3 is 10.4 Å². The average Bonchev–Trinajstić information content (AvgIpc) is 2.78. The van der Waals surface area contributed by atoms with Gasteiger partial charge in [0.15, 0.2) is 0 Å². The predicted octanol–water partition coefficient (Wildman–Crippen LogP) is 3.52. The van der Waals surface area contributed by atoms with Crippen molar-refractivity contribution in [2.45, 2.75) is 25.9 Å². The zero-order valence-corrected chi connectivity index (χ0v) is 12.8. The molecule has 0 spiro atoms. The molecule has 23 heavy (non-hydrogen) atoms. The molecule has 0 unspecified atom stereocenters. The molecule has 1 heterocycles. The zero-order chi connectivity index (χ0) is 17.4. The third-order valence-corrected chi connectivity index (χ3v) is 3.21. The van der Waals surface area contributed by atoms with E-state index in [9.17, 15) is 23.1 Å². The number of hydrogen-bond acceptors (Lipinski definition) is 3. The molecule has 0 aliphatic rings. The predicted molar refractivity (Wildman–Crippen MR) is 78.4 cm³/mol. The van der Waals surface area contributed by atoms with Gasteiger partial charge in [0.1, 0.15) is 5.75 Å². The molecule has 5 nitrogen and oxygen atoms in total. The van der Waals surface area contributed by atoms with Gasteiger partial charge in [0.05, 0.1) is 22.5 Å². The average molecular weight is 327 g/mol. The van der Waals surface area contributed by atoms with Crippen LogP contribution in [-0.2, 0) is 13.2 Å². The molecule has 1 aromatic carbocycles. The second-order valence-corrected chi connectivity index (χ2v) is 5.44. The van der Waals surface area contributed by atoms with Crippen LogP contribution in [0, 0.1) is 0 Å². The van der Waals surface area contributed by atoms with Crippen molar-refractivity contribution >= 4 is 11.6 Å². The number of phenols is 1. The molecule has 0 fully saturated rings. The Morgan fingerprint density at radius 3 is 2.57 bits per heavy atom. The van der Waals surface area contributed by atoms with E-state index in [4.69, 9.17) is 0 Å². The maximum atomic E-state index is 13.0. The van der Waals surface area contributed by atoms with Crippen LogP contribution in [0.2, 0.25) is 0 Å². The number of amides is 1. The molecule has 0 saturated heterocycles. The van der Waals surface area contributed by atoms with Crippen LogP contribution in [-0.4, -0.2) is 20.8 Å². The summed E-state index contributed by atoms with van der Waals surface area (Å²) >= 11 is 0. The molecule has 1 aromatic heterocycles. The number of benzene rings is 1. The minimum absolute atomic E-state index is 0.0160. The first-order valence-corrected chi connectivity index (χ1v) is 6.84. The van der Waals surface area contributed by atoms with Crippen molar-refractivity contribution in [3.8, 4) is 5.75 Å². The summed E-state index contributed by atoms with van der Waals surface area (Å²) in [6.45, 7) is 3.71. The van der Waals surface area contributed by atoms with Crippen molar-refractivity contribution in [1.29, 1.82) is 0 Å². The summed E-state index contributed by atoms with van der Waals surface area (Å²) in [5.41, 5.74) is -0.850. The van der Waals surface area contributed by atoms with Gasteiger partial charge in [-0.3, -0.25) is 9.48 Å². The molecule has 0 bridgehead atoms. The van der Waals surface area contributed by atoms with Crippen LogP contribution < -0.4 is 5.32 Å². The van der Waals surface area contributed by atoms with Crippen LogP contribution in [0.25, 0.3) is 0 Å². The van der Waals surface area contributed by atoms with Gasteiger partial charge in [-0.15, -0.1) is 0 Å². The van der Waals surface area contributed by atoms with Gasteiger partial charge in [-0.05, 0) is 24.1 Å². The topological polar surface area (TPSA) is 67.2 Å². The molecule has 1 amide bonds. The van der Waals surface area contributed by atoms with Gasteiger partial charge in [-0.2, -0.15) is 18.3 Å². The lowest BCUT2D eigenvalue weighted by atomic mass is 10.1. The van der Waals surface area contributed by atoms with Crippen molar-refractivity contribution in [2.24, 2.45) is 7.05 Å². The van der Waals surface area contributed by atoms with E-state index in [1.54, 1.807) is 7.05 Å². The Labute approximate surface area is 130 Å². The van der Waals surface area contributed by atoms with Crippen molar-refractivity contribution in [3.05, 3.63) is 41.2 Å². The number of anilines is 1. The number of aromatic nitrogens is 2. The lowest BCUT2D eigenvalue weighted by Gasteiger charge is -2.13. The first-order chi connectivity index (χ1) is 10.6. The lowest BCUT2D eigenvalue weighted by Crippen LogP contribution is -2.19. The van der Waals surface area contributed by atoms with E-state index >= 15 is 0 Å². The van der Waals surface area contributed by atoms with Crippen molar-refractivity contribution in [3.63, 3.8) is 0 Å². The molecule has 8 heteroatoms. The Morgan fingerprint density at radius 2 is 2.00 bits per heavy atom. The fraction of sp³-hybridized carbons (Fsp3) is 0.333. The van der Waals surface area contributed by atoms with E-state index in [1.165, 1.54) is 10.9 Å². The first kappa shape index (κ1) is 16.9. The molecule has 124 valence electrons. The molecule has 2 aromatic rings. The van der Waals surface area contributed by atoms with Gasteiger partial charge in [-0.25, -0.2) is 0 Å². The maximum Gasteiger partial charge on any atom is 0.417 e. The summed E-state index contributed by atoms with van der Waals surface area (Å²) in [5, 5.41) is 16.0. The Balaban J connectivity index is 2.41. The molecular formula is C15H16F3N3O2. The highest BCUT2D eigenvalue weighted by Crippen LogP contribution is 2.34. The Kier molecular flexibility index (Phi) is 4.35. The van der Waals surface area contributed by atoms with Crippen LogP contribution in [0.5, 0.6) is 5.75 Å². The molecule has 0 saturated carbocycles. The second kappa shape index (κ2) is 5.94. The van der Waals surface area contributed by atoms with E-state index in [2.05, 4.69) is 10.4 Å². The van der Waals surface area contributed by atoms with Gasteiger partial charge in [0.2, 0.25) is 0 Å². The van der Waals surface area contributed by atoms with E-state index in [0.717, 1.165) is 12.1 Å². The van der Waals surface area contributed by atoms with Crippen molar-refractivity contribution < 1.29 is 23.1 Å². The highest BCUT2D eigenvalue weighted by molar-refractivity contribution is 6.06. The number of carbonyl (C=O) groups is 1. The van der Waals surface area contributed by atoms with E-state index in [0.29, 0.717) is 17.4 Å². The molecular weight excluding hydrogens is 311 g/mol. The normalized spacial score (nSPS) is 11.8. The molecule has 0 atom stereocenters. The molecule has 2 N–H and O–H groups in total. The number of hydrogen-bond donors (Lipinski definition) is 2. The number of nitrogens with zero attached hydrogens (tertiary/aromatic N) is 2. The summed E-state index contributed by atoms with van der Waals surface area (Å²) in [7, 11) is 1.65. The van der Waals surface area contributed by atoms with Crippen molar-refractivity contribution in [2.75, 3.05) is 5.32 Å². The largest absolute Gasteiger partial charge is 0.508 e. The fourth-order valence-electron chi connectivity index (χ4n) is 2.19. The minimum Gasteiger partial charge on any atom is -0.508 e. The van der Waals surface area contributed by atoms with Gasteiger partial charge in [0.25, 0.3) is 5.91 Å². The summed E-state index contributed by atoms with van der Waals surface area (Å²) in [6, 6.07) is 2.36. The van der Waals surface area contributed by atoms with Crippen LogP contribution in [0.1, 0.15) is 41.4 Å². The highest BCUT2D eigenvalue weighted by Gasteiger charge is 2.35. The van der Waals surface area contributed by atoms with E-state index < -0.39 is 29.0 Å². The van der Waals surface area contributed by atoms with Crippen molar-refractivity contribution in [1.82, 2.24) is 9.78 Å². The molecule has 2 rings (SSSR count). The second-order valence-electron chi connectivity index (χ2n) is 5.44. The van der Waals surface area contributed by atoms with Gasteiger partial charge in [0, 0.05) is 13.2 Å². The first-order valence-electron chi connectivity index (χ1n) is 6.84. The number of aryl methyl sites for hydroxylation is 1.